The number of nitrogens with one attached hydrogen (secondary N) is 1. The van der Waals surface area contributed by atoms with Gasteiger partial charge in [-0.2, -0.15) is 9.42 Å². The number of nitrogens with two attached hydrogens (primary N) is 1. The first-order valence-corrected chi connectivity index (χ1v) is 8.01. The van der Waals surface area contributed by atoms with Crippen LogP contribution in [0.5, 0.6) is 0 Å². The number of halogens is 1. The Kier molecular flexibility index (Phi) is 13.9. The molecule has 7 nitrogen and oxygen atoms in total. The van der Waals surface area contributed by atoms with Gasteiger partial charge in [0.25, 0.3) is 0 Å². The summed E-state index contributed by atoms with van der Waals surface area (Å²) in [5, 5.41) is 2.10. The number of carbonyl (C=O) groups is 2. The second kappa shape index (κ2) is 13.0. The van der Waals surface area contributed by atoms with Crippen LogP contribution in [0, 0.1) is 0 Å². The molecule has 0 aromatic rings. The molecule has 1 atom stereocenters. The number of ether oxygens (including phenoxy) is 1. The Morgan fingerprint density at radius 3 is 2.35 bits per heavy atom. The van der Waals surface area contributed by atoms with Gasteiger partial charge < -0.3 is 10.5 Å². The Bertz CT molecular complexity index is 276. The predicted octanol–water partition coefficient (Wildman–Crippen LogP) is 2.11. The van der Waals surface area contributed by atoms with Crippen LogP contribution in [0.1, 0.15) is 39.5 Å². The zero-order valence-electron chi connectivity index (χ0n) is 12.2. The van der Waals surface area contributed by atoms with Crippen molar-refractivity contribution in [1.82, 2.24) is 5.32 Å². The number of carbonyl (C=O) groups excluding carboxylic acids is 2. The quantitative estimate of drug-likeness (QED) is 0.469. The minimum atomic E-state index is -3.94. The van der Waals surface area contributed by atoms with Gasteiger partial charge in [-0.05, 0) is 6.42 Å². The second-order valence-corrected chi connectivity index (χ2v) is 5.85. The summed E-state index contributed by atoms with van der Waals surface area (Å²) in [6, 6.07) is 0. The lowest BCUT2D eigenvalue weighted by molar-refractivity contribution is -0.115. The predicted molar refractivity (Wildman–Crippen MR) is 75.6 cm³/mol. The van der Waals surface area contributed by atoms with Gasteiger partial charge in [-0.3, -0.25) is 10.1 Å². The van der Waals surface area contributed by atoms with E-state index in [1.807, 2.05) is 0 Å². The van der Waals surface area contributed by atoms with Crippen molar-refractivity contribution in [3.05, 3.63) is 0 Å². The van der Waals surface area contributed by atoms with Gasteiger partial charge in [-0.25, -0.2) is 4.79 Å². The average Bonchev–Trinajstić information content (AvgIpc) is 2.36. The molecule has 0 bridgehead atoms. The van der Waals surface area contributed by atoms with Crippen molar-refractivity contribution in [2.24, 2.45) is 5.73 Å². The van der Waals surface area contributed by atoms with E-state index in [4.69, 9.17) is 9.63 Å². The highest BCUT2D eigenvalue weighted by Crippen LogP contribution is 2.55. The van der Waals surface area contributed by atoms with Crippen LogP contribution in [0.3, 0.4) is 0 Å². The molecule has 1 unspecified atom stereocenters. The van der Waals surface area contributed by atoms with Crippen LogP contribution in [-0.2, 0) is 14.1 Å². The third-order valence-electron chi connectivity index (χ3n) is 1.93. The number of unbranched alkanes of at least 4 members (excludes halogenated alkanes) is 3. The third kappa shape index (κ3) is 19.4. The van der Waals surface area contributed by atoms with E-state index in [-0.39, 0.29) is 5.91 Å². The highest BCUT2D eigenvalue weighted by molar-refractivity contribution is 7.60. The first-order chi connectivity index (χ1) is 9.25. The van der Waals surface area contributed by atoms with Crippen LogP contribution in [-0.4, -0.2) is 36.9 Å². The molecule has 0 heterocycles. The van der Waals surface area contributed by atoms with Gasteiger partial charge in [0.2, 0.25) is 12.2 Å². The maximum atomic E-state index is 12.8. The molecule has 0 fully saturated rings. The minimum absolute atomic E-state index is 0.308. The van der Waals surface area contributed by atoms with Crippen molar-refractivity contribution in [1.29, 1.82) is 0 Å². The summed E-state index contributed by atoms with van der Waals surface area (Å²) in [5.41, 5.74) is 4.47. The lowest BCUT2D eigenvalue weighted by Gasteiger charge is -2.07. The summed E-state index contributed by atoms with van der Waals surface area (Å²) in [7, 11) is -2.89. The molecule has 0 aromatic carbocycles. The summed E-state index contributed by atoms with van der Waals surface area (Å²) in [5.74, 6) is -0.333. The molecule has 0 spiro atoms. The Balaban J connectivity index is 0. The smallest absolute Gasteiger partial charge is 0.449 e. The number of alkyl carbamates (subject to hydrolysis) is 1. The van der Waals surface area contributed by atoms with Gasteiger partial charge in [0.15, 0.2) is 0 Å². The topological polar surface area (TPSA) is 111 Å². The molecule has 4 N–H and O–H groups in total. The van der Waals surface area contributed by atoms with Crippen LogP contribution in [0.15, 0.2) is 0 Å². The van der Waals surface area contributed by atoms with Gasteiger partial charge in [0.1, 0.15) is 0 Å². The molecule has 0 rings (SSSR count). The lowest BCUT2D eigenvalue weighted by Crippen LogP contribution is -2.26. The first-order valence-electron chi connectivity index (χ1n) is 6.28. The Morgan fingerprint density at radius 1 is 1.35 bits per heavy atom. The Morgan fingerprint density at radius 2 is 1.90 bits per heavy atom. The van der Waals surface area contributed by atoms with Crippen LogP contribution in [0.4, 0.5) is 8.99 Å². The average molecular weight is 315 g/mol. The van der Waals surface area contributed by atoms with Crippen molar-refractivity contribution >= 4 is 20.0 Å². The van der Waals surface area contributed by atoms with Gasteiger partial charge in [0, 0.05) is 11.1 Å². The zero-order chi connectivity index (χ0) is 16.0. The maximum Gasteiger partial charge on any atom is 0.485 e. The van der Waals surface area contributed by atoms with E-state index in [0.29, 0.717) is 6.61 Å². The third-order valence-corrected chi connectivity index (χ3v) is 3.04. The van der Waals surface area contributed by atoms with Gasteiger partial charge in [0.05, 0.1) is 13.7 Å². The largest absolute Gasteiger partial charge is 0.485 e. The van der Waals surface area contributed by atoms with E-state index in [1.54, 1.807) is 0 Å². The molecule has 20 heavy (non-hydrogen) atoms. The highest BCUT2D eigenvalue weighted by Gasteiger charge is 2.38. The van der Waals surface area contributed by atoms with E-state index in [1.165, 1.54) is 6.92 Å². The number of hydrogen-bond acceptors (Lipinski definition) is 5. The van der Waals surface area contributed by atoms with Gasteiger partial charge in [-0.15, -0.1) is 0 Å². The molecular formula is C11H25FN2O5P+. The van der Waals surface area contributed by atoms with E-state index in [9.17, 15) is 13.8 Å². The lowest BCUT2D eigenvalue weighted by atomic mass is 10.2. The standard InChI is InChI=1S/C9H19FNO4P.C2H5NO/c1-3-4-5-6-7-15-9(12)11-8-16(10,13)14-2;1-2(3)4/h13H,3-8H2,1-2H3;1H3,(H2,3,4)/p+1. The Hall–Kier alpha value is -0.980. The first kappa shape index (κ1) is 21.3. The van der Waals surface area contributed by atoms with Crippen molar-refractivity contribution < 1.29 is 27.9 Å². The van der Waals surface area contributed by atoms with E-state index in [0.717, 1.165) is 32.8 Å². The summed E-state index contributed by atoms with van der Waals surface area (Å²) in [4.78, 5) is 29.1. The fraction of sp³-hybridized carbons (Fsp3) is 0.818. The highest BCUT2D eigenvalue weighted by atomic mass is 31.2. The fourth-order valence-electron chi connectivity index (χ4n) is 0.971. The van der Waals surface area contributed by atoms with Gasteiger partial charge in [-0.1, -0.05) is 26.2 Å². The van der Waals surface area contributed by atoms with Crippen molar-refractivity contribution in [2.45, 2.75) is 39.5 Å². The molecule has 120 valence electrons. The van der Waals surface area contributed by atoms with Crippen molar-refractivity contribution in [3.63, 3.8) is 0 Å². The molecule has 0 saturated carbocycles. The summed E-state index contributed by atoms with van der Waals surface area (Å²) < 4.78 is 21.8. The monoisotopic (exact) mass is 315 g/mol. The number of primary amides is 1. The SMILES string of the molecule is CC(N)=O.CCCCCCOC(=O)NC[P+](O)(F)OC. The molecule has 2 amide bonds. The normalized spacial score (nSPS) is 12.7. The zero-order valence-corrected chi connectivity index (χ0v) is 13.1. The molecular weight excluding hydrogens is 290 g/mol. The van der Waals surface area contributed by atoms with Gasteiger partial charge >= 0.3 is 14.1 Å². The maximum absolute atomic E-state index is 12.8. The molecule has 0 aliphatic carbocycles. The molecule has 9 heteroatoms. The molecule has 0 radical (unpaired) electrons. The number of rotatable bonds is 8. The molecule has 0 aromatic heterocycles. The van der Waals surface area contributed by atoms with E-state index >= 15 is 0 Å². The van der Waals surface area contributed by atoms with Crippen LogP contribution >= 0.6 is 8.03 Å². The van der Waals surface area contributed by atoms with Crippen molar-refractivity contribution in [2.75, 3.05) is 20.0 Å². The fourth-order valence-corrected chi connectivity index (χ4v) is 1.42. The summed E-state index contributed by atoms with van der Waals surface area (Å²) >= 11 is 0. The number of hydrogen-bond donors (Lipinski definition) is 3. The molecule has 0 saturated heterocycles. The Labute approximate surface area is 119 Å². The summed E-state index contributed by atoms with van der Waals surface area (Å²) in [6.07, 6.45) is 2.73. The molecule has 0 aliphatic rings. The van der Waals surface area contributed by atoms with Crippen LogP contribution < -0.4 is 11.1 Å². The second-order valence-electron chi connectivity index (χ2n) is 3.94. The summed E-state index contributed by atoms with van der Waals surface area (Å²) in [6.45, 7) is 3.70. The van der Waals surface area contributed by atoms with Crippen molar-refractivity contribution in [3.8, 4) is 0 Å². The molecule has 0 aliphatic heterocycles. The number of amides is 2. The van der Waals surface area contributed by atoms with E-state index < -0.39 is 20.4 Å². The minimum Gasteiger partial charge on any atom is -0.449 e. The van der Waals surface area contributed by atoms with E-state index in [2.05, 4.69) is 22.5 Å². The van der Waals surface area contributed by atoms with Crippen LogP contribution in [0.2, 0.25) is 0 Å². The van der Waals surface area contributed by atoms with Crippen LogP contribution in [0.25, 0.3) is 0 Å².